The van der Waals surface area contributed by atoms with Crippen molar-refractivity contribution in [1.29, 1.82) is 0 Å². The summed E-state index contributed by atoms with van der Waals surface area (Å²) >= 11 is 7.89. The van der Waals surface area contributed by atoms with Crippen LogP contribution >= 0.6 is 23.5 Å². The lowest BCUT2D eigenvalue weighted by Crippen LogP contribution is -2.39. The summed E-state index contributed by atoms with van der Waals surface area (Å²) in [5, 5.41) is 0.810. The van der Waals surface area contributed by atoms with E-state index in [2.05, 4.69) is 22.6 Å². The highest BCUT2D eigenvalue weighted by Crippen LogP contribution is 2.27. The highest BCUT2D eigenvalue weighted by Gasteiger charge is 2.29. The molecule has 1 atom stereocenters. The van der Waals surface area contributed by atoms with Crippen LogP contribution < -0.4 is 4.72 Å². The second-order valence-electron chi connectivity index (χ2n) is 7.54. The lowest BCUT2D eigenvalue weighted by atomic mass is 9.88. The number of hydrogen-bond acceptors (Lipinski definition) is 3. The van der Waals surface area contributed by atoms with Crippen LogP contribution in [0.5, 0.6) is 0 Å². The Labute approximate surface area is 161 Å². The van der Waals surface area contributed by atoms with E-state index in [4.69, 9.17) is 11.6 Å². The molecule has 1 aliphatic heterocycles. The number of nitrogens with zero attached hydrogens (tertiary/aromatic N) is 1. The Balaban J connectivity index is 1.45. The molecule has 3 nitrogen and oxygen atoms in total. The minimum Gasteiger partial charge on any atom is -0.339 e. The molecule has 0 spiro atoms. The average molecular weight is 381 g/mol. The lowest BCUT2D eigenvalue weighted by molar-refractivity contribution is -0.129. The molecule has 138 valence electrons. The maximum absolute atomic E-state index is 12.7. The minimum absolute atomic E-state index is 0.260. The van der Waals surface area contributed by atoms with Gasteiger partial charge >= 0.3 is 0 Å². The Morgan fingerprint density at radius 2 is 2.00 bits per heavy atom. The van der Waals surface area contributed by atoms with Gasteiger partial charge in [0.2, 0.25) is 5.91 Å². The predicted molar refractivity (Wildman–Crippen MR) is 107 cm³/mol. The zero-order chi connectivity index (χ0) is 17.6. The molecule has 0 bridgehead atoms. The molecular weight excluding hydrogens is 352 g/mol. The highest BCUT2D eigenvalue weighted by atomic mass is 35.5. The molecule has 5 heteroatoms. The van der Waals surface area contributed by atoms with Gasteiger partial charge in [0.05, 0.1) is 5.75 Å². The quantitative estimate of drug-likeness (QED) is 0.726. The first-order valence-electron chi connectivity index (χ1n) is 9.53. The van der Waals surface area contributed by atoms with Crippen molar-refractivity contribution in [1.82, 2.24) is 9.62 Å². The van der Waals surface area contributed by atoms with Crippen LogP contribution in [-0.4, -0.2) is 35.2 Å². The molecule has 2 aliphatic rings. The van der Waals surface area contributed by atoms with Crippen LogP contribution in [0.15, 0.2) is 24.3 Å². The Morgan fingerprint density at radius 3 is 2.76 bits per heavy atom. The number of rotatable bonds is 6. The molecule has 1 unspecified atom stereocenters. The Morgan fingerprint density at radius 1 is 1.24 bits per heavy atom. The van der Waals surface area contributed by atoms with Gasteiger partial charge in [-0.2, -0.15) is 0 Å². The van der Waals surface area contributed by atoms with Crippen LogP contribution in [0.3, 0.4) is 0 Å². The van der Waals surface area contributed by atoms with Crippen LogP contribution in [0.2, 0.25) is 5.02 Å². The second-order valence-corrected chi connectivity index (χ2v) is 8.76. The number of amides is 1. The molecule has 1 saturated heterocycles. The van der Waals surface area contributed by atoms with Crippen LogP contribution in [0.4, 0.5) is 0 Å². The number of likely N-dealkylation sites (tertiary alicyclic amines) is 1. The number of carbonyl (C=O) groups is 1. The van der Waals surface area contributed by atoms with Gasteiger partial charge in [0, 0.05) is 23.7 Å². The zero-order valence-corrected chi connectivity index (χ0v) is 16.6. The Hall–Kier alpha value is -0.710. The van der Waals surface area contributed by atoms with Gasteiger partial charge < -0.3 is 4.90 Å². The van der Waals surface area contributed by atoms with Gasteiger partial charge in [0.25, 0.3) is 0 Å². The number of carbonyl (C=O) groups excluding carboxylic acids is 1. The first-order valence-corrected chi connectivity index (χ1v) is 10.9. The van der Waals surface area contributed by atoms with Crippen LogP contribution in [0, 0.1) is 5.92 Å². The van der Waals surface area contributed by atoms with Crippen molar-refractivity contribution in [3.05, 3.63) is 34.9 Å². The predicted octanol–water partition coefficient (Wildman–Crippen LogP) is 4.69. The van der Waals surface area contributed by atoms with Crippen molar-refractivity contribution in [2.45, 2.75) is 64.0 Å². The zero-order valence-electron chi connectivity index (χ0n) is 15.0. The summed E-state index contributed by atoms with van der Waals surface area (Å²) in [6.07, 6.45) is 8.12. The topological polar surface area (TPSA) is 32.3 Å². The van der Waals surface area contributed by atoms with E-state index in [1.54, 1.807) is 11.9 Å². The first-order chi connectivity index (χ1) is 12.1. The van der Waals surface area contributed by atoms with Crippen molar-refractivity contribution in [2.24, 2.45) is 5.92 Å². The van der Waals surface area contributed by atoms with Crippen molar-refractivity contribution < 1.29 is 4.79 Å². The number of nitrogens with one attached hydrogen (secondary N) is 1. The van der Waals surface area contributed by atoms with E-state index in [1.807, 2.05) is 18.2 Å². The van der Waals surface area contributed by atoms with Gasteiger partial charge in [-0.1, -0.05) is 48.7 Å². The van der Waals surface area contributed by atoms with Gasteiger partial charge in [-0.15, -0.1) is 0 Å². The summed E-state index contributed by atoms with van der Waals surface area (Å²) in [6.45, 7) is 3.22. The van der Waals surface area contributed by atoms with Gasteiger partial charge in [-0.3, -0.25) is 9.52 Å². The molecule has 1 saturated carbocycles. The third-order valence-corrected chi connectivity index (χ3v) is 6.83. The maximum Gasteiger partial charge on any atom is 0.234 e. The fraction of sp³-hybridized carbons (Fsp3) is 0.650. The lowest BCUT2D eigenvalue weighted by Gasteiger charge is -2.28. The fourth-order valence-electron chi connectivity index (χ4n) is 3.98. The van der Waals surface area contributed by atoms with Gasteiger partial charge in [0.15, 0.2) is 0 Å². The summed E-state index contributed by atoms with van der Waals surface area (Å²) in [7, 11) is 0. The van der Waals surface area contributed by atoms with E-state index in [1.165, 1.54) is 25.7 Å². The third kappa shape index (κ3) is 5.38. The molecule has 1 heterocycles. The Bertz CT molecular complexity index is 575. The monoisotopic (exact) mass is 380 g/mol. The molecule has 3 rings (SSSR count). The third-order valence-electron chi connectivity index (χ3n) is 5.57. The maximum atomic E-state index is 12.7. The summed E-state index contributed by atoms with van der Waals surface area (Å²) < 4.78 is 3.52. The molecule has 1 aromatic rings. The van der Waals surface area contributed by atoms with Crippen molar-refractivity contribution in [3.63, 3.8) is 0 Å². The molecule has 25 heavy (non-hydrogen) atoms. The fourth-order valence-corrected chi connectivity index (χ4v) is 5.03. The summed E-state index contributed by atoms with van der Waals surface area (Å²) in [5.74, 6) is 1.65. The minimum atomic E-state index is 0.260. The van der Waals surface area contributed by atoms with Gasteiger partial charge in [-0.25, -0.2) is 0 Å². The molecule has 1 aromatic carbocycles. The van der Waals surface area contributed by atoms with Crippen LogP contribution in [-0.2, 0) is 11.2 Å². The van der Waals surface area contributed by atoms with E-state index in [-0.39, 0.29) is 5.91 Å². The van der Waals surface area contributed by atoms with E-state index in [9.17, 15) is 4.79 Å². The normalized spacial score (nSPS) is 26.8. The molecule has 1 aliphatic carbocycles. The molecular formula is C20H29ClN2OS. The van der Waals surface area contributed by atoms with E-state index >= 15 is 0 Å². The smallest absolute Gasteiger partial charge is 0.234 e. The standard InChI is InChI=1S/C20H29ClN2OS/c1-15-8-10-17(11-9-15)22-25-14-20(24)23-12-4-6-18(23)13-16-5-2-3-7-19(16)21/h2-3,5,7,15,17-18,22H,4,6,8-14H2,1H3. The second kappa shape index (κ2) is 9.29. The molecule has 0 radical (unpaired) electrons. The van der Waals surface area contributed by atoms with Gasteiger partial charge in [-0.05, 0) is 62.5 Å². The first kappa shape index (κ1) is 19.1. The molecule has 1 N–H and O–H groups in total. The number of hydrogen-bond donors (Lipinski definition) is 1. The number of halogens is 1. The molecule has 2 fully saturated rings. The van der Waals surface area contributed by atoms with Crippen LogP contribution in [0.25, 0.3) is 0 Å². The van der Waals surface area contributed by atoms with Crippen LogP contribution in [0.1, 0.15) is 51.0 Å². The molecule has 0 aromatic heterocycles. The Kier molecular flexibility index (Phi) is 7.08. The van der Waals surface area contributed by atoms with Gasteiger partial charge in [0.1, 0.15) is 0 Å². The van der Waals surface area contributed by atoms with E-state index < -0.39 is 0 Å². The summed E-state index contributed by atoms with van der Waals surface area (Å²) in [5.41, 5.74) is 1.15. The summed E-state index contributed by atoms with van der Waals surface area (Å²) in [4.78, 5) is 14.7. The van der Waals surface area contributed by atoms with Crippen molar-refractivity contribution >= 4 is 29.5 Å². The van der Waals surface area contributed by atoms with E-state index in [0.29, 0.717) is 17.8 Å². The number of benzene rings is 1. The molecule has 1 amide bonds. The van der Waals surface area contributed by atoms with Crippen molar-refractivity contribution in [2.75, 3.05) is 12.3 Å². The summed E-state index contributed by atoms with van der Waals surface area (Å²) in [6, 6.07) is 8.85. The average Bonchev–Trinajstić information content (AvgIpc) is 3.07. The van der Waals surface area contributed by atoms with E-state index in [0.717, 1.165) is 42.3 Å². The van der Waals surface area contributed by atoms with Crippen molar-refractivity contribution in [3.8, 4) is 0 Å². The largest absolute Gasteiger partial charge is 0.339 e. The highest BCUT2D eigenvalue weighted by molar-refractivity contribution is 7.98. The SMILES string of the molecule is CC1CCC(NSCC(=O)N2CCCC2Cc2ccccc2Cl)CC1.